The van der Waals surface area contributed by atoms with E-state index in [4.69, 9.17) is 14.2 Å². The van der Waals surface area contributed by atoms with E-state index in [1.807, 2.05) is 30.3 Å². The smallest absolute Gasteiger partial charge is 0.351 e. The number of carboxylic acid groups (broad SMARTS) is 1. The zero-order valence-electron chi connectivity index (χ0n) is 21.4. The fourth-order valence-electron chi connectivity index (χ4n) is 4.62. The van der Waals surface area contributed by atoms with E-state index in [1.54, 1.807) is 25.1 Å². The molecule has 5 atom stereocenters. The zero-order valence-corrected chi connectivity index (χ0v) is 21.4. The summed E-state index contributed by atoms with van der Waals surface area (Å²) in [5.41, 5.74) is 0.462. The number of anilines is 1. The number of hydrogen-bond acceptors (Lipinski definition) is 8. The molecule has 0 spiro atoms. The van der Waals surface area contributed by atoms with Crippen LogP contribution in [0.2, 0.25) is 0 Å². The molecule has 0 saturated carbocycles. The Morgan fingerprint density at radius 3 is 2.40 bits per heavy atom. The van der Waals surface area contributed by atoms with Gasteiger partial charge in [0.25, 0.3) is 5.91 Å². The lowest BCUT2D eigenvalue weighted by Crippen LogP contribution is -2.42. The molecule has 3 aromatic rings. The number of fused-ring (bicyclic) bond motifs is 1. The van der Waals surface area contributed by atoms with Gasteiger partial charge in [-0.25, -0.2) is 14.4 Å². The van der Waals surface area contributed by atoms with Gasteiger partial charge in [-0.3, -0.25) is 14.7 Å². The summed E-state index contributed by atoms with van der Waals surface area (Å²) in [7, 11) is 0. The van der Waals surface area contributed by atoms with Crippen molar-refractivity contribution in [2.45, 2.75) is 44.3 Å². The van der Waals surface area contributed by atoms with Crippen molar-refractivity contribution < 1.29 is 33.7 Å². The second-order valence-corrected chi connectivity index (χ2v) is 9.06. The number of nitrogens with zero attached hydrogens (tertiary/aromatic N) is 2. The maximum Gasteiger partial charge on any atom is 0.351 e. The van der Waals surface area contributed by atoms with Crippen molar-refractivity contribution in [3.05, 3.63) is 94.0 Å². The molecule has 4 N–H and O–H groups in total. The van der Waals surface area contributed by atoms with Gasteiger partial charge in [0.05, 0.1) is 5.56 Å². The highest BCUT2D eigenvalue weighted by atomic mass is 16.8. The third-order valence-electron chi connectivity index (χ3n) is 6.46. The van der Waals surface area contributed by atoms with Crippen molar-refractivity contribution >= 4 is 23.7 Å². The SMILES string of the molecule is CCNC(=O)Nc1ccn([C@@H]2O[C@H](C(=O)NCc3ccccc3C(=O)O)C3O[C@H](c4ccccc4)O[C@@H]32)c(=O)n1. The second kappa shape index (κ2) is 11.7. The monoisotopic (exact) mass is 549 g/mol. The highest BCUT2D eigenvalue weighted by Crippen LogP contribution is 2.43. The third-order valence-corrected chi connectivity index (χ3v) is 6.46. The van der Waals surface area contributed by atoms with Gasteiger partial charge in [0.2, 0.25) is 0 Å². The molecule has 3 amide bonds. The van der Waals surface area contributed by atoms with E-state index in [9.17, 15) is 24.3 Å². The summed E-state index contributed by atoms with van der Waals surface area (Å²) in [6.45, 7) is 2.09. The van der Waals surface area contributed by atoms with E-state index in [2.05, 4.69) is 20.9 Å². The molecular weight excluding hydrogens is 522 g/mol. The molecule has 1 aromatic heterocycles. The van der Waals surface area contributed by atoms with E-state index in [-0.39, 0.29) is 17.9 Å². The van der Waals surface area contributed by atoms with Crippen LogP contribution < -0.4 is 21.6 Å². The van der Waals surface area contributed by atoms with Crippen molar-refractivity contribution in [2.75, 3.05) is 11.9 Å². The van der Waals surface area contributed by atoms with Crippen LogP contribution >= 0.6 is 0 Å². The molecule has 2 aliphatic heterocycles. The minimum absolute atomic E-state index is 0.0406. The van der Waals surface area contributed by atoms with Crippen LogP contribution in [-0.4, -0.2) is 57.4 Å². The largest absolute Gasteiger partial charge is 0.478 e. The Hall–Kier alpha value is -4.59. The minimum atomic E-state index is -1.18. The molecule has 2 fully saturated rings. The number of rotatable bonds is 8. The second-order valence-electron chi connectivity index (χ2n) is 9.06. The molecule has 13 heteroatoms. The first-order chi connectivity index (χ1) is 19.4. The molecule has 40 heavy (non-hydrogen) atoms. The van der Waals surface area contributed by atoms with Gasteiger partial charge in [0.1, 0.15) is 18.0 Å². The Morgan fingerprint density at radius 2 is 1.68 bits per heavy atom. The van der Waals surface area contributed by atoms with Gasteiger partial charge in [-0.15, -0.1) is 0 Å². The van der Waals surface area contributed by atoms with Gasteiger partial charge < -0.3 is 30.0 Å². The van der Waals surface area contributed by atoms with Gasteiger partial charge in [0, 0.05) is 24.8 Å². The van der Waals surface area contributed by atoms with E-state index in [0.29, 0.717) is 12.1 Å². The minimum Gasteiger partial charge on any atom is -0.478 e. The molecule has 0 aliphatic carbocycles. The van der Waals surface area contributed by atoms with Crippen molar-refractivity contribution in [3.63, 3.8) is 0 Å². The van der Waals surface area contributed by atoms with Crippen molar-refractivity contribution in [2.24, 2.45) is 0 Å². The number of nitrogens with one attached hydrogen (secondary N) is 3. The fourth-order valence-corrected chi connectivity index (χ4v) is 4.62. The summed E-state index contributed by atoms with van der Waals surface area (Å²) in [5, 5.41) is 17.2. The third kappa shape index (κ3) is 5.57. The molecule has 0 bridgehead atoms. The maximum atomic E-state index is 13.3. The predicted molar refractivity (Wildman–Crippen MR) is 139 cm³/mol. The lowest BCUT2D eigenvalue weighted by atomic mass is 10.1. The van der Waals surface area contributed by atoms with E-state index in [0.717, 1.165) is 5.56 Å². The van der Waals surface area contributed by atoms with Crippen LogP contribution in [0.1, 0.15) is 40.9 Å². The number of carboxylic acids is 1. The summed E-state index contributed by atoms with van der Waals surface area (Å²) < 4.78 is 19.4. The van der Waals surface area contributed by atoms with Crippen LogP contribution in [0.4, 0.5) is 10.6 Å². The highest BCUT2D eigenvalue weighted by Gasteiger charge is 2.56. The number of amides is 3. The Labute approximate surface area is 228 Å². The summed E-state index contributed by atoms with van der Waals surface area (Å²) in [4.78, 5) is 53.5. The number of urea groups is 1. The lowest BCUT2D eigenvalue weighted by Gasteiger charge is -2.21. The number of carbonyl (C=O) groups is 3. The van der Waals surface area contributed by atoms with Crippen molar-refractivity contribution in [3.8, 4) is 0 Å². The molecular formula is C27H27N5O8. The van der Waals surface area contributed by atoms with Crippen LogP contribution in [0.15, 0.2) is 71.7 Å². The quantitative estimate of drug-likeness (QED) is 0.327. The molecule has 5 rings (SSSR count). The van der Waals surface area contributed by atoms with Crippen molar-refractivity contribution in [1.82, 2.24) is 20.2 Å². The first kappa shape index (κ1) is 27.0. The average Bonchev–Trinajstić information content (AvgIpc) is 3.53. The molecule has 208 valence electrons. The standard InChI is InChI=1S/C27H27N5O8/c1-2-28-26(36)30-18-12-13-32(27(37)31-18)23-21-19(39-25(40-21)15-8-4-3-5-9-15)20(38-23)22(33)29-14-16-10-6-7-11-17(16)24(34)35/h3-13,19-21,23,25H,2,14H2,1H3,(H,29,33)(H,34,35)(H2,28,30,31,36,37)/t19?,20-,21-,23+,25-/m0/s1. The van der Waals surface area contributed by atoms with Crippen LogP contribution in [-0.2, 0) is 25.5 Å². The van der Waals surface area contributed by atoms with Crippen molar-refractivity contribution in [1.29, 1.82) is 0 Å². The lowest BCUT2D eigenvalue weighted by molar-refractivity contribution is -0.162. The Bertz CT molecular complexity index is 1460. The average molecular weight is 550 g/mol. The zero-order chi connectivity index (χ0) is 28.2. The molecule has 3 heterocycles. The number of aromatic carboxylic acids is 1. The number of aromatic nitrogens is 2. The van der Waals surface area contributed by atoms with Gasteiger partial charge >= 0.3 is 17.7 Å². The first-order valence-corrected chi connectivity index (χ1v) is 12.6. The van der Waals surface area contributed by atoms with Crippen LogP contribution in [0.3, 0.4) is 0 Å². The summed E-state index contributed by atoms with van der Waals surface area (Å²) in [6, 6.07) is 16.4. The summed E-state index contributed by atoms with van der Waals surface area (Å²) in [6.07, 6.45) is -3.41. The first-order valence-electron chi connectivity index (χ1n) is 12.6. The number of ether oxygens (including phenoxy) is 3. The molecule has 2 aliphatic rings. The van der Waals surface area contributed by atoms with Crippen LogP contribution in [0.25, 0.3) is 0 Å². The number of carbonyl (C=O) groups excluding carboxylic acids is 2. The Kier molecular flexibility index (Phi) is 7.86. The highest BCUT2D eigenvalue weighted by molar-refractivity contribution is 5.90. The van der Waals surface area contributed by atoms with Crippen LogP contribution in [0.5, 0.6) is 0 Å². The summed E-state index contributed by atoms with van der Waals surface area (Å²) >= 11 is 0. The molecule has 1 unspecified atom stereocenters. The molecule has 2 aromatic carbocycles. The van der Waals surface area contributed by atoms with E-state index < -0.39 is 54.4 Å². The van der Waals surface area contributed by atoms with Gasteiger partial charge in [-0.05, 0) is 24.6 Å². The van der Waals surface area contributed by atoms with Gasteiger partial charge in [0.15, 0.2) is 18.6 Å². The fraction of sp³-hybridized carbons (Fsp3) is 0.296. The van der Waals surface area contributed by atoms with Crippen LogP contribution in [0, 0.1) is 0 Å². The number of hydrogen-bond donors (Lipinski definition) is 4. The number of benzene rings is 2. The summed E-state index contributed by atoms with van der Waals surface area (Å²) in [5.74, 6) is -1.64. The Balaban J connectivity index is 1.38. The topological polar surface area (TPSA) is 170 Å². The molecule has 2 saturated heterocycles. The van der Waals surface area contributed by atoms with Gasteiger partial charge in [-0.2, -0.15) is 4.98 Å². The normalized spacial score (nSPS) is 23.3. The van der Waals surface area contributed by atoms with E-state index >= 15 is 0 Å². The maximum absolute atomic E-state index is 13.3. The van der Waals surface area contributed by atoms with E-state index in [1.165, 1.54) is 22.9 Å². The molecule has 0 radical (unpaired) electrons. The van der Waals surface area contributed by atoms with Gasteiger partial charge in [-0.1, -0.05) is 48.5 Å². The predicted octanol–water partition coefficient (Wildman–Crippen LogP) is 1.78. The molecule has 13 nitrogen and oxygen atoms in total. The Morgan fingerprint density at radius 1 is 0.950 bits per heavy atom.